The van der Waals surface area contributed by atoms with Crippen molar-refractivity contribution in [1.82, 2.24) is 0 Å². The van der Waals surface area contributed by atoms with Crippen LogP contribution < -0.4 is 10.4 Å². The Bertz CT molecular complexity index is 1050. The van der Waals surface area contributed by atoms with Crippen molar-refractivity contribution in [3.05, 3.63) is 44.5 Å². The second-order valence-corrected chi connectivity index (χ2v) is 9.85. The topological polar surface area (TPSA) is 68.3 Å². The van der Waals surface area contributed by atoms with E-state index in [2.05, 4.69) is 0 Å². The summed E-state index contributed by atoms with van der Waals surface area (Å²) in [7, 11) is -11.2. The van der Waals surface area contributed by atoms with E-state index >= 15 is 0 Å². The summed E-state index contributed by atoms with van der Waals surface area (Å²) in [5.74, 6) is -5.16. The molecule has 27 heavy (non-hydrogen) atoms. The van der Waals surface area contributed by atoms with E-state index in [-0.39, 0.29) is 5.22 Å². The zero-order chi connectivity index (χ0) is 20.7. The number of hydrogen-bond donors (Lipinski definition) is 0. The van der Waals surface area contributed by atoms with Crippen molar-refractivity contribution < 1.29 is 43.2 Å². The van der Waals surface area contributed by atoms with Crippen LogP contribution in [0.1, 0.15) is 6.42 Å². The molecular formula is C15H12F6O4S2. The quantitative estimate of drug-likeness (QED) is 0.678. The van der Waals surface area contributed by atoms with Crippen molar-refractivity contribution in [2.24, 2.45) is 0 Å². The Kier molecular flexibility index (Phi) is 5.54. The number of sulfone groups is 2. The molecule has 0 fully saturated rings. The molecule has 0 bridgehead atoms. The Balaban J connectivity index is 2.78. The predicted octanol–water partition coefficient (Wildman–Crippen LogP) is 1.82. The summed E-state index contributed by atoms with van der Waals surface area (Å²) >= 11 is 0. The van der Waals surface area contributed by atoms with Gasteiger partial charge in [-0.3, -0.25) is 0 Å². The molecule has 150 valence electrons. The van der Waals surface area contributed by atoms with Gasteiger partial charge < -0.3 is 0 Å². The van der Waals surface area contributed by atoms with E-state index in [0.29, 0.717) is 5.22 Å². The molecule has 1 aliphatic carbocycles. The van der Waals surface area contributed by atoms with Crippen LogP contribution in [0, 0.1) is 0 Å². The zero-order valence-electron chi connectivity index (χ0n) is 13.3. The number of alkyl halides is 6. The average Bonchev–Trinajstić information content (AvgIpc) is 2.41. The number of halogens is 6. The third-order valence-corrected chi connectivity index (χ3v) is 7.99. The minimum Gasteiger partial charge on any atom is -0.223 e. The molecule has 0 amide bonds. The van der Waals surface area contributed by atoms with E-state index in [0.717, 1.165) is 6.08 Å². The van der Waals surface area contributed by atoms with Crippen LogP contribution in [0.5, 0.6) is 0 Å². The summed E-state index contributed by atoms with van der Waals surface area (Å²) in [5, 5.41) is 0.822. The third kappa shape index (κ3) is 5.58. The maximum atomic E-state index is 12.6. The Morgan fingerprint density at radius 3 is 1.70 bits per heavy atom. The van der Waals surface area contributed by atoms with Crippen molar-refractivity contribution in [2.75, 3.05) is 11.5 Å². The monoisotopic (exact) mass is 434 g/mol. The number of hydrogen-bond acceptors (Lipinski definition) is 4. The first kappa shape index (κ1) is 21.5. The van der Waals surface area contributed by atoms with Crippen LogP contribution in [0.2, 0.25) is 0 Å². The molecule has 0 atom stereocenters. The lowest BCUT2D eigenvalue weighted by Crippen LogP contribution is -2.33. The third-order valence-electron chi connectivity index (χ3n) is 3.40. The van der Waals surface area contributed by atoms with Crippen LogP contribution in [0.15, 0.2) is 34.1 Å². The van der Waals surface area contributed by atoms with Gasteiger partial charge in [-0.1, -0.05) is 30.3 Å². The lowest BCUT2D eigenvalue weighted by atomic mass is 10.0. The Morgan fingerprint density at radius 2 is 1.26 bits per heavy atom. The van der Waals surface area contributed by atoms with Gasteiger partial charge in [0.1, 0.15) is 0 Å². The molecule has 0 unspecified atom stereocenters. The summed E-state index contributed by atoms with van der Waals surface area (Å²) in [4.78, 5) is 0. The maximum Gasteiger partial charge on any atom is 0.403 e. The zero-order valence-corrected chi connectivity index (χ0v) is 14.9. The van der Waals surface area contributed by atoms with Crippen molar-refractivity contribution in [3.63, 3.8) is 0 Å². The highest BCUT2D eigenvalue weighted by atomic mass is 32.3. The lowest BCUT2D eigenvalue weighted by molar-refractivity contribution is -0.107. The Labute approximate surface area is 150 Å². The molecule has 1 aromatic carbocycles. The fourth-order valence-corrected chi connectivity index (χ4v) is 6.70. The standard InChI is InChI=1S/C15H12F6O4S2/c16-14(17,18)8-26(22,23)13(27(24,25)9-15(19,20)21)12-6-5-10-3-1-2-4-11(10)7-12/h1-5,7H,6,8-9H2. The lowest BCUT2D eigenvalue weighted by Gasteiger charge is -2.17. The Morgan fingerprint density at radius 1 is 0.815 bits per heavy atom. The first-order valence-electron chi connectivity index (χ1n) is 7.20. The molecule has 0 aliphatic heterocycles. The maximum absolute atomic E-state index is 12.6. The van der Waals surface area contributed by atoms with Gasteiger partial charge in [-0.25, -0.2) is 16.8 Å². The minimum atomic E-state index is -5.60. The fourth-order valence-electron chi connectivity index (χ4n) is 2.59. The smallest absolute Gasteiger partial charge is 0.223 e. The van der Waals surface area contributed by atoms with E-state index in [1.165, 1.54) is 18.2 Å². The summed E-state index contributed by atoms with van der Waals surface area (Å²) < 4.78 is 122. The number of rotatable bonds is 4. The highest BCUT2D eigenvalue weighted by Crippen LogP contribution is 2.32. The van der Waals surface area contributed by atoms with E-state index in [4.69, 9.17) is 0 Å². The first-order chi connectivity index (χ1) is 12.1. The summed E-state index contributed by atoms with van der Waals surface area (Å²) in [6.07, 6.45) is -8.78. The second kappa shape index (κ2) is 6.97. The molecule has 0 saturated carbocycles. The largest absolute Gasteiger partial charge is 0.403 e. The van der Waals surface area contributed by atoms with E-state index in [9.17, 15) is 43.2 Å². The summed E-state index contributed by atoms with van der Waals surface area (Å²) in [6.45, 7) is 0. The van der Waals surface area contributed by atoms with Crippen LogP contribution in [0.3, 0.4) is 0 Å². The van der Waals surface area contributed by atoms with Gasteiger partial charge in [0.2, 0.25) is 0 Å². The van der Waals surface area contributed by atoms with Crippen molar-refractivity contribution >= 4 is 31.8 Å². The number of fused-ring (bicyclic) bond motifs is 1. The van der Waals surface area contributed by atoms with Crippen molar-refractivity contribution in [3.8, 4) is 0 Å². The number of allylic oxidation sites excluding steroid dienone is 1. The first-order valence-corrected chi connectivity index (χ1v) is 10.5. The molecule has 1 aliphatic rings. The van der Waals surface area contributed by atoms with Gasteiger partial charge in [-0.2, -0.15) is 26.3 Å². The fraction of sp³-hybridized carbons (Fsp3) is 0.333. The normalized spacial score (nSPS) is 15.6. The molecule has 0 heterocycles. The van der Waals surface area contributed by atoms with Crippen LogP contribution in [-0.4, -0.2) is 40.7 Å². The minimum absolute atomic E-state index is 0.278. The molecular weight excluding hydrogens is 422 g/mol. The van der Waals surface area contributed by atoms with Gasteiger partial charge in [-0.05, 0) is 28.5 Å². The molecule has 0 radical (unpaired) electrons. The van der Waals surface area contributed by atoms with Gasteiger partial charge in [0.05, 0.1) is 0 Å². The van der Waals surface area contributed by atoms with Gasteiger partial charge in [0.15, 0.2) is 35.4 Å². The average molecular weight is 434 g/mol. The van der Waals surface area contributed by atoms with E-state index in [1.807, 2.05) is 0 Å². The molecule has 0 saturated heterocycles. The second-order valence-electron chi connectivity index (χ2n) is 5.74. The molecule has 1 aromatic rings. The summed E-state index contributed by atoms with van der Waals surface area (Å²) in [6, 6.07) is 6.12. The van der Waals surface area contributed by atoms with Gasteiger partial charge >= 0.3 is 12.4 Å². The van der Waals surface area contributed by atoms with E-state index < -0.39 is 59.8 Å². The van der Waals surface area contributed by atoms with Crippen LogP contribution in [-0.2, 0) is 19.7 Å². The van der Waals surface area contributed by atoms with Gasteiger partial charge in [0, 0.05) is 0 Å². The van der Waals surface area contributed by atoms with Gasteiger partial charge in [-0.15, -0.1) is 0 Å². The summed E-state index contributed by atoms with van der Waals surface area (Å²) in [5.41, 5.74) is -0.637. The van der Waals surface area contributed by atoms with Crippen LogP contribution in [0.4, 0.5) is 26.3 Å². The highest BCUT2D eigenvalue weighted by molar-refractivity contribution is 8.14. The van der Waals surface area contributed by atoms with Crippen LogP contribution >= 0.6 is 0 Å². The SMILES string of the molecule is O=S(=O)(CC(F)(F)F)C(=C1C=c2ccccc2=CC1)S(=O)(=O)CC(F)(F)F. The Hall–Kier alpha value is -1.82. The molecule has 2 rings (SSSR count). The highest BCUT2D eigenvalue weighted by Gasteiger charge is 2.46. The molecule has 12 heteroatoms. The van der Waals surface area contributed by atoms with Crippen molar-refractivity contribution in [2.45, 2.75) is 18.8 Å². The van der Waals surface area contributed by atoms with E-state index in [1.54, 1.807) is 12.1 Å². The number of benzene rings is 1. The molecule has 4 nitrogen and oxygen atoms in total. The predicted molar refractivity (Wildman–Crippen MR) is 85.9 cm³/mol. The van der Waals surface area contributed by atoms with Crippen LogP contribution in [0.25, 0.3) is 12.2 Å². The molecule has 0 N–H and O–H groups in total. The van der Waals surface area contributed by atoms with Crippen molar-refractivity contribution in [1.29, 1.82) is 0 Å². The molecule has 0 spiro atoms. The molecule has 0 aromatic heterocycles. The van der Waals surface area contributed by atoms with Gasteiger partial charge in [0.25, 0.3) is 0 Å².